The molecule has 0 aliphatic heterocycles. The van der Waals surface area contributed by atoms with Crippen molar-refractivity contribution in [2.24, 2.45) is 5.92 Å². The van der Waals surface area contributed by atoms with Crippen molar-refractivity contribution in [3.8, 4) is 0 Å². The van der Waals surface area contributed by atoms with Crippen molar-refractivity contribution in [3.05, 3.63) is 36.2 Å². The van der Waals surface area contributed by atoms with Gasteiger partial charge in [0.15, 0.2) is 5.82 Å². The van der Waals surface area contributed by atoms with Gasteiger partial charge in [0.05, 0.1) is 6.54 Å². The number of hydrogen-bond acceptors (Lipinski definition) is 4. The van der Waals surface area contributed by atoms with Crippen LogP contribution in [0.3, 0.4) is 0 Å². The van der Waals surface area contributed by atoms with Crippen LogP contribution < -0.4 is 5.32 Å². The molecule has 1 aliphatic carbocycles. The van der Waals surface area contributed by atoms with Gasteiger partial charge in [0.25, 0.3) is 0 Å². The second kappa shape index (κ2) is 4.94. The van der Waals surface area contributed by atoms with E-state index in [1.165, 1.54) is 24.8 Å². The Kier molecular flexibility index (Phi) is 3.15. The SMILES string of the molecule is CCNC(c1ccn(Cc2ncon2)c1)C1CC1. The molecule has 3 rings (SSSR count). The average molecular weight is 246 g/mol. The molecule has 18 heavy (non-hydrogen) atoms. The van der Waals surface area contributed by atoms with Crippen molar-refractivity contribution < 1.29 is 4.52 Å². The Labute approximate surface area is 106 Å². The molecule has 5 nitrogen and oxygen atoms in total. The normalized spacial score (nSPS) is 16.9. The van der Waals surface area contributed by atoms with Crippen molar-refractivity contribution in [3.63, 3.8) is 0 Å². The zero-order valence-corrected chi connectivity index (χ0v) is 10.5. The van der Waals surface area contributed by atoms with E-state index in [2.05, 4.69) is 45.4 Å². The summed E-state index contributed by atoms with van der Waals surface area (Å²) in [6.07, 6.45) is 8.31. The van der Waals surface area contributed by atoms with Crippen molar-refractivity contribution in [1.82, 2.24) is 20.0 Å². The Morgan fingerprint density at radius 2 is 2.44 bits per heavy atom. The third kappa shape index (κ3) is 2.46. The molecule has 2 aromatic rings. The first-order valence-corrected chi connectivity index (χ1v) is 6.51. The zero-order valence-electron chi connectivity index (χ0n) is 10.5. The van der Waals surface area contributed by atoms with Gasteiger partial charge < -0.3 is 14.4 Å². The van der Waals surface area contributed by atoms with Crippen molar-refractivity contribution >= 4 is 0 Å². The maximum Gasteiger partial charge on any atom is 0.213 e. The van der Waals surface area contributed by atoms with E-state index in [0.29, 0.717) is 18.4 Å². The van der Waals surface area contributed by atoms with Crippen LogP contribution in [0.2, 0.25) is 0 Å². The molecule has 0 amide bonds. The van der Waals surface area contributed by atoms with Crippen molar-refractivity contribution in [2.45, 2.75) is 32.4 Å². The highest BCUT2D eigenvalue weighted by Gasteiger charge is 2.32. The lowest BCUT2D eigenvalue weighted by Crippen LogP contribution is -2.22. The predicted molar refractivity (Wildman–Crippen MR) is 67.0 cm³/mol. The van der Waals surface area contributed by atoms with E-state index in [9.17, 15) is 0 Å². The topological polar surface area (TPSA) is 55.9 Å². The van der Waals surface area contributed by atoms with Gasteiger partial charge >= 0.3 is 0 Å². The average Bonchev–Trinajstić information content (AvgIpc) is 2.88. The Balaban J connectivity index is 1.71. The van der Waals surface area contributed by atoms with Gasteiger partial charge in [0.1, 0.15) is 0 Å². The summed E-state index contributed by atoms with van der Waals surface area (Å²) in [7, 11) is 0. The summed E-state index contributed by atoms with van der Waals surface area (Å²) in [4.78, 5) is 4.04. The lowest BCUT2D eigenvalue weighted by molar-refractivity contribution is 0.408. The lowest BCUT2D eigenvalue weighted by atomic mass is 10.1. The molecule has 2 aromatic heterocycles. The number of rotatable bonds is 6. The zero-order chi connectivity index (χ0) is 12.4. The van der Waals surface area contributed by atoms with Crippen LogP contribution in [0, 0.1) is 5.92 Å². The van der Waals surface area contributed by atoms with Crippen molar-refractivity contribution in [2.75, 3.05) is 6.54 Å². The second-order valence-electron chi connectivity index (χ2n) is 4.84. The molecule has 1 aliphatic rings. The number of nitrogens with one attached hydrogen (secondary N) is 1. The minimum atomic E-state index is 0.501. The van der Waals surface area contributed by atoms with Crippen LogP contribution in [0.15, 0.2) is 29.4 Å². The van der Waals surface area contributed by atoms with E-state index in [4.69, 9.17) is 4.52 Å². The molecule has 2 heterocycles. The summed E-state index contributed by atoms with van der Waals surface area (Å²) in [5.74, 6) is 1.52. The number of nitrogens with zero attached hydrogens (tertiary/aromatic N) is 3. The molecule has 0 aromatic carbocycles. The van der Waals surface area contributed by atoms with E-state index in [1.54, 1.807) is 0 Å². The van der Waals surface area contributed by atoms with Crippen LogP contribution in [-0.2, 0) is 6.54 Å². The first-order chi connectivity index (χ1) is 8.86. The molecule has 0 radical (unpaired) electrons. The molecular weight excluding hydrogens is 228 g/mol. The van der Waals surface area contributed by atoms with E-state index < -0.39 is 0 Å². The van der Waals surface area contributed by atoms with Gasteiger partial charge in [0, 0.05) is 18.4 Å². The second-order valence-corrected chi connectivity index (χ2v) is 4.84. The fraction of sp³-hybridized carbons (Fsp3) is 0.538. The predicted octanol–water partition coefficient (Wildman–Crippen LogP) is 1.98. The first kappa shape index (κ1) is 11.5. The standard InChI is InChI=1S/C13H18N4O/c1-2-14-13(10-3-4-10)11-5-6-17(7-11)8-12-15-9-18-16-12/h5-7,9-10,13-14H,2-4,8H2,1H3. The molecule has 1 fully saturated rings. The first-order valence-electron chi connectivity index (χ1n) is 6.51. The Hall–Kier alpha value is -1.62. The quantitative estimate of drug-likeness (QED) is 0.846. The van der Waals surface area contributed by atoms with Gasteiger partial charge in [-0.15, -0.1) is 0 Å². The number of hydrogen-bond donors (Lipinski definition) is 1. The minimum Gasteiger partial charge on any atom is -0.346 e. The molecular formula is C13H18N4O. The minimum absolute atomic E-state index is 0.501. The van der Waals surface area contributed by atoms with Crippen LogP contribution in [-0.4, -0.2) is 21.3 Å². The molecule has 1 atom stereocenters. The van der Waals surface area contributed by atoms with Crippen LogP contribution in [0.5, 0.6) is 0 Å². The molecule has 1 unspecified atom stereocenters. The fourth-order valence-corrected chi connectivity index (χ4v) is 2.37. The summed E-state index contributed by atoms with van der Waals surface area (Å²) < 4.78 is 6.85. The Morgan fingerprint density at radius 3 is 3.11 bits per heavy atom. The van der Waals surface area contributed by atoms with Gasteiger partial charge in [0.2, 0.25) is 6.39 Å². The third-order valence-electron chi connectivity index (χ3n) is 3.38. The van der Waals surface area contributed by atoms with Crippen LogP contribution >= 0.6 is 0 Å². The maximum absolute atomic E-state index is 4.74. The van der Waals surface area contributed by atoms with Crippen molar-refractivity contribution in [1.29, 1.82) is 0 Å². The van der Waals surface area contributed by atoms with E-state index in [0.717, 1.165) is 12.5 Å². The largest absolute Gasteiger partial charge is 0.346 e. The third-order valence-corrected chi connectivity index (χ3v) is 3.38. The van der Waals surface area contributed by atoms with E-state index in [1.807, 2.05) is 0 Å². The fourth-order valence-electron chi connectivity index (χ4n) is 2.37. The summed E-state index contributed by atoms with van der Waals surface area (Å²) in [6.45, 7) is 3.84. The number of aromatic nitrogens is 3. The lowest BCUT2D eigenvalue weighted by Gasteiger charge is -2.15. The highest BCUT2D eigenvalue weighted by Crippen LogP contribution is 2.40. The molecule has 1 saturated carbocycles. The van der Waals surface area contributed by atoms with E-state index in [-0.39, 0.29) is 0 Å². The van der Waals surface area contributed by atoms with Gasteiger partial charge in [-0.25, -0.2) is 0 Å². The molecule has 0 saturated heterocycles. The van der Waals surface area contributed by atoms with Crippen LogP contribution in [0.4, 0.5) is 0 Å². The van der Waals surface area contributed by atoms with Crippen LogP contribution in [0.25, 0.3) is 0 Å². The van der Waals surface area contributed by atoms with Gasteiger partial charge in [-0.1, -0.05) is 12.1 Å². The summed E-state index contributed by atoms with van der Waals surface area (Å²) >= 11 is 0. The van der Waals surface area contributed by atoms with Gasteiger partial charge in [-0.2, -0.15) is 4.98 Å². The van der Waals surface area contributed by atoms with Gasteiger partial charge in [-0.3, -0.25) is 0 Å². The summed E-state index contributed by atoms with van der Waals surface area (Å²) in [6, 6.07) is 2.69. The summed E-state index contributed by atoms with van der Waals surface area (Å²) in [5, 5.41) is 7.40. The molecule has 0 bridgehead atoms. The van der Waals surface area contributed by atoms with Crippen LogP contribution in [0.1, 0.15) is 37.2 Å². The molecule has 5 heteroatoms. The highest BCUT2D eigenvalue weighted by atomic mass is 16.5. The monoisotopic (exact) mass is 246 g/mol. The molecule has 1 N–H and O–H groups in total. The van der Waals surface area contributed by atoms with E-state index >= 15 is 0 Å². The maximum atomic E-state index is 4.74. The molecule has 0 spiro atoms. The summed E-state index contributed by atoms with van der Waals surface area (Å²) in [5.41, 5.74) is 1.36. The Bertz CT molecular complexity index is 487. The highest BCUT2D eigenvalue weighted by molar-refractivity contribution is 5.18. The molecule has 96 valence electrons. The smallest absolute Gasteiger partial charge is 0.213 e. The Morgan fingerprint density at radius 1 is 1.56 bits per heavy atom. The van der Waals surface area contributed by atoms with Gasteiger partial charge in [-0.05, 0) is 36.9 Å².